The molecule has 6 aliphatic rings. The molecule has 0 radical (unpaired) electrons. The Kier molecular flexibility index (Phi) is 10.3. The van der Waals surface area contributed by atoms with Gasteiger partial charge in [-0.1, -0.05) is 27.7 Å². The summed E-state index contributed by atoms with van der Waals surface area (Å²) in [6.07, 6.45) is 4.22. The first-order valence-electron chi connectivity index (χ1n) is 21.1. The lowest BCUT2D eigenvalue weighted by molar-refractivity contribution is -0.221. The Morgan fingerprint density at radius 1 is 0.818 bits per heavy atom. The van der Waals surface area contributed by atoms with Crippen LogP contribution in [-0.4, -0.2) is 86.2 Å². The zero-order valence-electron chi connectivity index (χ0n) is 36.1. The molecule has 1 heterocycles. The van der Waals surface area contributed by atoms with Gasteiger partial charge in [-0.25, -0.2) is 9.59 Å². The van der Waals surface area contributed by atoms with Crippen LogP contribution < -0.4 is 5.32 Å². The van der Waals surface area contributed by atoms with E-state index in [0.717, 1.165) is 38.5 Å². The van der Waals surface area contributed by atoms with Crippen LogP contribution in [0.4, 0.5) is 4.79 Å². The van der Waals surface area contributed by atoms with Gasteiger partial charge in [0.25, 0.3) is 0 Å². The molecule has 0 aromatic carbocycles. The van der Waals surface area contributed by atoms with Gasteiger partial charge in [0, 0.05) is 18.3 Å². The first kappa shape index (κ1) is 42.7. The van der Waals surface area contributed by atoms with Crippen LogP contribution in [0, 0.1) is 44.8 Å². The molecule has 1 aliphatic heterocycles. The number of aliphatic hydroxyl groups excluding tert-OH is 2. The lowest BCUT2D eigenvalue weighted by atomic mass is 9.41. The molecule has 6 fully saturated rings. The van der Waals surface area contributed by atoms with Crippen LogP contribution in [0.3, 0.4) is 0 Å². The van der Waals surface area contributed by atoms with Crippen LogP contribution in [0.5, 0.6) is 0 Å². The Labute approximate surface area is 329 Å². The number of carbonyl (C=O) groups excluding carboxylic acids is 3. The van der Waals surface area contributed by atoms with E-state index >= 15 is 0 Å². The van der Waals surface area contributed by atoms with Gasteiger partial charge in [0.05, 0.1) is 29.5 Å². The van der Waals surface area contributed by atoms with Crippen molar-refractivity contribution < 1.29 is 48.7 Å². The molecular weight excluding hydrogens is 702 g/mol. The predicted molar refractivity (Wildman–Crippen MR) is 207 cm³/mol. The predicted octanol–water partition coefficient (Wildman–Crippen LogP) is 7.00. The minimum Gasteiger partial charge on any atom is -0.460 e. The number of ether oxygens (including phenoxy) is 4. The Balaban J connectivity index is 1.33. The van der Waals surface area contributed by atoms with Gasteiger partial charge < -0.3 is 39.6 Å². The maximum absolute atomic E-state index is 14.5. The van der Waals surface area contributed by atoms with E-state index in [1.807, 2.05) is 0 Å². The summed E-state index contributed by atoms with van der Waals surface area (Å²) in [7, 11) is 0. The van der Waals surface area contributed by atoms with Gasteiger partial charge in [-0.3, -0.25) is 4.79 Å². The van der Waals surface area contributed by atoms with Crippen molar-refractivity contribution in [2.24, 2.45) is 44.8 Å². The van der Waals surface area contributed by atoms with Crippen molar-refractivity contribution in [1.82, 2.24) is 5.32 Å². The Bertz CT molecular complexity index is 1520. The number of rotatable bonds is 8. The van der Waals surface area contributed by atoms with Gasteiger partial charge in [-0.15, -0.1) is 0 Å². The molecule has 5 saturated carbocycles. The fourth-order valence-electron chi connectivity index (χ4n) is 13.8. The molecule has 1 amide bonds. The molecule has 55 heavy (non-hydrogen) atoms. The minimum atomic E-state index is -1.16. The van der Waals surface area contributed by atoms with Crippen molar-refractivity contribution in [1.29, 1.82) is 0 Å². The fourth-order valence-corrected chi connectivity index (χ4v) is 13.8. The molecule has 0 aromatic rings. The van der Waals surface area contributed by atoms with Crippen molar-refractivity contribution in [3.8, 4) is 0 Å². The first-order valence-corrected chi connectivity index (χ1v) is 21.1. The average Bonchev–Trinajstić information content (AvgIpc) is 3.37. The van der Waals surface area contributed by atoms with Crippen LogP contribution >= 0.6 is 0 Å². The molecule has 11 heteroatoms. The molecule has 13 atom stereocenters. The molecule has 0 aromatic heterocycles. The third kappa shape index (κ3) is 7.04. The maximum atomic E-state index is 14.5. The highest BCUT2D eigenvalue weighted by Crippen LogP contribution is 2.89. The summed E-state index contributed by atoms with van der Waals surface area (Å²) in [4.78, 5) is 40.4. The highest BCUT2D eigenvalue weighted by atomic mass is 16.6. The Morgan fingerprint density at radius 2 is 1.45 bits per heavy atom. The zero-order chi connectivity index (χ0) is 41.2. The Hall–Kier alpha value is -1.95. The number of aliphatic hydroxyl groups is 3. The van der Waals surface area contributed by atoms with Crippen LogP contribution in [0.2, 0.25) is 0 Å². The van der Waals surface area contributed by atoms with Crippen molar-refractivity contribution in [3.63, 3.8) is 0 Å². The second-order valence-corrected chi connectivity index (χ2v) is 22.6. The Morgan fingerprint density at radius 3 is 2.04 bits per heavy atom. The van der Waals surface area contributed by atoms with Crippen molar-refractivity contribution in [2.45, 2.75) is 213 Å². The number of fused-ring (bicyclic) bond motifs is 2. The smallest absolute Gasteiger partial charge is 0.408 e. The maximum Gasteiger partial charge on any atom is 0.408 e. The summed E-state index contributed by atoms with van der Waals surface area (Å²) >= 11 is 0. The number of amides is 1. The number of nitrogens with one attached hydrogen (secondary N) is 1. The van der Waals surface area contributed by atoms with Crippen LogP contribution in [0.25, 0.3) is 0 Å². The third-order valence-electron chi connectivity index (χ3n) is 16.1. The van der Waals surface area contributed by atoms with Gasteiger partial charge in [-0.05, 0) is 160 Å². The summed E-state index contributed by atoms with van der Waals surface area (Å²) in [5, 5.41) is 37.3. The van der Waals surface area contributed by atoms with Crippen molar-refractivity contribution >= 4 is 18.0 Å². The molecule has 4 N–H and O–H groups in total. The fraction of sp³-hybridized carbons (Fsp3) is 0.932. The summed E-state index contributed by atoms with van der Waals surface area (Å²) in [6.45, 7) is 25.2. The quantitative estimate of drug-likeness (QED) is 0.149. The number of hydrogen-bond donors (Lipinski definition) is 4. The largest absolute Gasteiger partial charge is 0.460 e. The standard InChI is InChI=1S/C44H73NO10/c1-36(2,3)54-31(48)15-14-25(45-35(50)55-37(4,5)6)34(49)52-27-22-28-41(12)23-26(46)32(42(13)18-17-30(53-42)39(9,10)51)40(41,11)20-21-43(28)24-44(43)19-16-29(47)38(7,8)33(27)44/h25-30,32-33,46-47,51H,14-24H2,1-13H3,(H,45,50)/t25-,26-,27-,28?,29-,30-,32-,33?,40+,41-,42+,43?,44+/m0/s1. The van der Waals surface area contributed by atoms with Crippen LogP contribution in [-0.2, 0) is 28.5 Å². The van der Waals surface area contributed by atoms with E-state index in [0.29, 0.717) is 19.3 Å². The first-order chi connectivity index (χ1) is 24.9. The van der Waals surface area contributed by atoms with E-state index < -0.39 is 70.2 Å². The molecule has 1 saturated heterocycles. The molecule has 0 bridgehead atoms. The molecule has 11 nitrogen and oxygen atoms in total. The van der Waals surface area contributed by atoms with E-state index in [4.69, 9.17) is 18.9 Å². The summed E-state index contributed by atoms with van der Waals surface area (Å²) in [5.41, 5.74) is -4.37. The normalized spacial score (nSPS) is 43.9. The number of hydrogen-bond acceptors (Lipinski definition) is 10. The topological polar surface area (TPSA) is 161 Å². The zero-order valence-corrected chi connectivity index (χ0v) is 36.1. The second kappa shape index (κ2) is 13.3. The third-order valence-corrected chi connectivity index (χ3v) is 16.1. The monoisotopic (exact) mass is 776 g/mol. The number of carbonyl (C=O) groups is 3. The highest BCUT2D eigenvalue weighted by molar-refractivity contribution is 5.82. The number of esters is 2. The van der Waals surface area contributed by atoms with Crippen molar-refractivity contribution in [3.05, 3.63) is 0 Å². The van der Waals surface area contributed by atoms with Gasteiger partial charge in [0.15, 0.2) is 0 Å². The summed E-state index contributed by atoms with van der Waals surface area (Å²) in [6, 6.07) is -1.16. The molecule has 314 valence electrons. The average molecular weight is 776 g/mol. The van der Waals surface area contributed by atoms with Crippen molar-refractivity contribution in [2.75, 3.05) is 0 Å². The van der Waals surface area contributed by atoms with E-state index in [-0.39, 0.29) is 58.4 Å². The van der Waals surface area contributed by atoms with E-state index in [2.05, 4.69) is 39.9 Å². The number of alkyl carbamates (subject to hydrolysis) is 1. The lowest BCUT2D eigenvalue weighted by Crippen LogP contribution is -2.63. The molecular formula is C44H73NO10. The summed E-state index contributed by atoms with van der Waals surface area (Å²) in [5.74, 6) is -1.23. The molecule has 2 spiro atoms. The molecule has 6 rings (SSSR count). The minimum absolute atomic E-state index is 0.00119. The van der Waals surface area contributed by atoms with E-state index in [1.54, 1.807) is 55.4 Å². The molecule has 3 unspecified atom stereocenters. The SMILES string of the molecule is CC(C)(C)OC(=O)CC[C@H](NC(=O)OC(C)(C)C)C(=O)O[C@H]1CC2C3(CC[C@]4(C)[C@@H]([C@@]5(C)CC[C@@H](C(C)(C)O)O5)[C@@H](O)C[C@@]24C)C[C@@]32CC[C@H](O)C(C)(C)C12. The second-order valence-electron chi connectivity index (χ2n) is 22.6. The van der Waals surface area contributed by atoms with Crippen LogP contribution in [0.1, 0.15) is 161 Å². The van der Waals surface area contributed by atoms with E-state index in [9.17, 15) is 29.7 Å². The summed E-state index contributed by atoms with van der Waals surface area (Å²) < 4.78 is 24.5. The van der Waals surface area contributed by atoms with Gasteiger partial charge >= 0.3 is 18.0 Å². The van der Waals surface area contributed by atoms with Gasteiger partial charge in [-0.2, -0.15) is 0 Å². The van der Waals surface area contributed by atoms with E-state index in [1.165, 1.54) is 0 Å². The highest BCUT2D eigenvalue weighted by Gasteiger charge is 2.85. The molecule has 5 aliphatic carbocycles. The lowest BCUT2D eigenvalue weighted by Gasteiger charge is -2.64. The van der Waals surface area contributed by atoms with Crippen LogP contribution in [0.15, 0.2) is 0 Å². The van der Waals surface area contributed by atoms with Gasteiger partial charge in [0.1, 0.15) is 23.3 Å². The van der Waals surface area contributed by atoms with Gasteiger partial charge in [0.2, 0.25) is 0 Å².